The van der Waals surface area contributed by atoms with Crippen molar-refractivity contribution < 1.29 is 9.18 Å². The molecule has 1 amide bonds. The number of amides is 1. The fourth-order valence-corrected chi connectivity index (χ4v) is 2.53. The predicted molar refractivity (Wildman–Crippen MR) is 80.6 cm³/mol. The van der Waals surface area contributed by atoms with Gasteiger partial charge in [0, 0.05) is 18.5 Å². The Hall–Kier alpha value is -1.13. The lowest BCUT2D eigenvalue weighted by atomic mass is 10.1. The van der Waals surface area contributed by atoms with Crippen LogP contribution in [0.3, 0.4) is 0 Å². The number of halogens is 2. The average molecular weight is 301 g/mol. The maximum absolute atomic E-state index is 13.5. The second-order valence-corrected chi connectivity index (χ2v) is 5.26. The van der Waals surface area contributed by atoms with E-state index in [1.54, 1.807) is 12.1 Å². The number of hydrogen-bond donors (Lipinski definition) is 2. The molecule has 0 aromatic heterocycles. The molecule has 1 aromatic rings. The molecule has 0 aliphatic carbocycles. The molecule has 0 saturated carbocycles. The van der Waals surface area contributed by atoms with E-state index in [1.165, 1.54) is 6.07 Å². The van der Waals surface area contributed by atoms with Crippen LogP contribution < -0.4 is 10.6 Å². The first kappa shape index (κ1) is 16.9. The number of carbonyl (C=O) groups excluding carboxylic acids is 1. The van der Waals surface area contributed by atoms with Gasteiger partial charge in [0.1, 0.15) is 5.82 Å². The lowest BCUT2D eigenvalue weighted by Gasteiger charge is -2.16. The van der Waals surface area contributed by atoms with Crippen LogP contribution >= 0.6 is 12.4 Å². The Labute approximate surface area is 125 Å². The van der Waals surface area contributed by atoms with Crippen LogP contribution in [0.1, 0.15) is 31.7 Å². The summed E-state index contributed by atoms with van der Waals surface area (Å²) in [7, 11) is 0. The Morgan fingerprint density at radius 2 is 2.25 bits per heavy atom. The minimum atomic E-state index is -0.207. The third-order valence-electron chi connectivity index (χ3n) is 3.49. The number of rotatable bonds is 5. The third kappa shape index (κ3) is 5.10. The van der Waals surface area contributed by atoms with Gasteiger partial charge >= 0.3 is 0 Å². The fraction of sp³-hybridized carbons (Fsp3) is 0.533. The molecule has 1 aromatic carbocycles. The highest BCUT2D eigenvalue weighted by Crippen LogP contribution is 2.11. The molecule has 1 saturated heterocycles. The standard InChI is InChI=1S/C15H21FN2O.ClH/c1-11(9-12-5-2-3-7-14(12)16)18-15(19)10-13-6-4-8-17-13;/h2-3,5,7,11,13,17H,4,6,8-10H2,1H3,(H,18,19);1H. The van der Waals surface area contributed by atoms with E-state index in [-0.39, 0.29) is 30.2 Å². The van der Waals surface area contributed by atoms with Crippen LogP contribution in [0.15, 0.2) is 24.3 Å². The Balaban J connectivity index is 0.00000200. The average Bonchev–Trinajstić information content (AvgIpc) is 2.84. The van der Waals surface area contributed by atoms with Crippen LogP contribution in [-0.4, -0.2) is 24.5 Å². The van der Waals surface area contributed by atoms with E-state index in [2.05, 4.69) is 10.6 Å². The second-order valence-electron chi connectivity index (χ2n) is 5.26. The number of hydrogen-bond acceptors (Lipinski definition) is 2. The van der Waals surface area contributed by atoms with E-state index in [0.717, 1.165) is 19.4 Å². The summed E-state index contributed by atoms with van der Waals surface area (Å²) in [5, 5.41) is 6.24. The van der Waals surface area contributed by atoms with Gasteiger partial charge in [0.15, 0.2) is 0 Å². The molecule has 20 heavy (non-hydrogen) atoms. The molecule has 1 aliphatic rings. The zero-order valence-electron chi connectivity index (χ0n) is 11.7. The molecular weight excluding hydrogens is 279 g/mol. The molecule has 0 spiro atoms. The van der Waals surface area contributed by atoms with Crippen LogP contribution in [0.5, 0.6) is 0 Å². The third-order valence-corrected chi connectivity index (χ3v) is 3.49. The SMILES string of the molecule is CC(Cc1ccccc1F)NC(=O)CC1CCCN1.Cl. The summed E-state index contributed by atoms with van der Waals surface area (Å²) in [4.78, 5) is 11.8. The van der Waals surface area contributed by atoms with Crippen LogP contribution in [0, 0.1) is 5.82 Å². The van der Waals surface area contributed by atoms with Crippen molar-refractivity contribution in [3.63, 3.8) is 0 Å². The molecule has 1 heterocycles. The van der Waals surface area contributed by atoms with Crippen molar-refractivity contribution in [2.75, 3.05) is 6.54 Å². The highest BCUT2D eigenvalue weighted by atomic mass is 35.5. The summed E-state index contributed by atoms with van der Waals surface area (Å²) in [6.07, 6.45) is 3.25. The molecule has 3 nitrogen and oxygen atoms in total. The van der Waals surface area contributed by atoms with Crippen molar-refractivity contribution in [1.29, 1.82) is 0 Å². The maximum Gasteiger partial charge on any atom is 0.221 e. The van der Waals surface area contributed by atoms with Gasteiger partial charge in [0.05, 0.1) is 0 Å². The maximum atomic E-state index is 13.5. The largest absolute Gasteiger partial charge is 0.353 e. The Bertz CT molecular complexity index is 436. The lowest BCUT2D eigenvalue weighted by Crippen LogP contribution is -2.38. The first-order chi connectivity index (χ1) is 9.15. The summed E-state index contributed by atoms with van der Waals surface area (Å²) in [5.41, 5.74) is 0.647. The Morgan fingerprint density at radius 3 is 2.90 bits per heavy atom. The smallest absolute Gasteiger partial charge is 0.221 e. The van der Waals surface area contributed by atoms with E-state index in [9.17, 15) is 9.18 Å². The van der Waals surface area contributed by atoms with Gasteiger partial charge in [0.2, 0.25) is 5.91 Å². The molecule has 0 radical (unpaired) electrons. The number of carbonyl (C=O) groups is 1. The minimum absolute atomic E-state index is 0. The van der Waals surface area contributed by atoms with Gasteiger partial charge < -0.3 is 10.6 Å². The molecule has 2 N–H and O–H groups in total. The molecule has 0 bridgehead atoms. The lowest BCUT2D eigenvalue weighted by molar-refractivity contribution is -0.122. The van der Waals surface area contributed by atoms with Crippen molar-refractivity contribution in [3.05, 3.63) is 35.6 Å². The molecule has 2 atom stereocenters. The first-order valence-corrected chi connectivity index (χ1v) is 6.91. The zero-order chi connectivity index (χ0) is 13.7. The van der Waals surface area contributed by atoms with E-state index in [0.29, 0.717) is 24.4 Å². The van der Waals surface area contributed by atoms with Gasteiger partial charge in [-0.15, -0.1) is 12.4 Å². The summed E-state index contributed by atoms with van der Waals surface area (Å²) in [5.74, 6) is -0.163. The van der Waals surface area contributed by atoms with Crippen molar-refractivity contribution >= 4 is 18.3 Å². The van der Waals surface area contributed by atoms with Crippen molar-refractivity contribution in [3.8, 4) is 0 Å². The molecule has 2 rings (SSSR count). The van der Waals surface area contributed by atoms with Crippen LogP contribution in [0.2, 0.25) is 0 Å². The van der Waals surface area contributed by atoms with Gasteiger partial charge in [-0.1, -0.05) is 18.2 Å². The second kappa shape index (κ2) is 8.22. The summed E-state index contributed by atoms with van der Waals surface area (Å²) in [6, 6.07) is 6.96. The Morgan fingerprint density at radius 1 is 1.50 bits per heavy atom. The van der Waals surface area contributed by atoms with E-state index < -0.39 is 0 Å². The fourth-order valence-electron chi connectivity index (χ4n) is 2.53. The van der Waals surface area contributed by atoms with Crippen molar-refractivity contribution in [1.82, 2.24) is 10.6 Å². The molecular formula is C15H22ClFN2O. The van der Waals surface area contributed by atoms with Gasteiger partial charge in [-0.25, -0.2) is 4.39 Å². The van der Waals surface area contributed by atoms with Crippen molar-refractivity contribution in [2.24, 2.45) is 0 Å². The highest BCUT2D eigenvalue weighted by Gasteiger charge is 2.18. The topological polar surface area (TPSA) is 41.1 Å². The van der Waals surface area contributed by atoms with Crippen molar-refractivity contribution in [2.45, 2.75) is 44.7 Å². The van der Waals surface area contributed by atoms with E-state index in [4.69, 9.17) is 0 Å². The summed E-state index contributed by atoms with van der Waals surface area (Å²) >= 11 is 0. The highest BCUT2D eigenvalue weighted by molar-refractivity contribution is 5.85. The molecule has 112 valence electrons. The summed E-state index contributed by atoms with van der Waals surface area (Å²) < 4.78 is 13.5. The molecule has 1 aliphatic heterocycles. The summed E-state index contributed by atoms with van der Waals surface area (Å²) in [6.45, 7) is 2.91. The van der Waals surface area contributed by atoms with Crippen LogP contribution in [0.25, 0.3) is 0 Å². The van der Waals surface area contributed by atoms with Gasteiger partial charge in [-0.05, 0) is 44.4 Å². The monoisotopic (exact) mass is 300 g/mol. The zero-order valence-corrected chi connectivity index (χ0v) is 12.5. The molecule has 2 unspecified atom stereocenters. The number of benzene rings is 1. The van der Waals surface area contributed by atoms with Gasteiger partial charge in [-0.2, -0.15) is 0 Å². The number of nitrogens with one attached hydrogen (secondary N) is 2. The normalized spacial score (nSPS) is 19.2. The van der Waals surface area contributed by atoms with E-state index >= 15 is 0 Å². The van der Waals surface area contributed by atoms with Crippen LogP contribution in [-0.2, 0) is 11.2 Å². The predicted octanol–water partition coefficient (Wildman–Crippen LogP) is 2.44. The first-order valence-electron chi connectivity index (χ1n) is 6.91. The minimum Gasteiger partial charge on any atom is -0.353 e. The van der Waals surface area contributed by atoms with Gasteiger partial charge in [0.25, 0.3) is 0 Å². The Kier molecular flexibility index (Phi) is 6.96. The van der Waals surface area contributed by atoms with Crippen LogP contribution in [0.4, 0.5) is 4.39 Å². The molecule has 5 heteroatoms. The quantitative estimate of drug-likeness (QED) is 0.877. The molecule has 1 fully saturated rings. The van der Waals surface area contributed by atoms with E-state index in [1.807, 2.05) is 13.0 Å². The van der Waals surface area contributed by atoms with Gasteiger partial charge in [-0.3, -0.25) is 4.79 Å².